The lowest BCUT2D eigenvalue weighted by atomic mass is 9.82. The van der Waals surface area contributed by atoms with Crippen LogP contribution in [0, 0.1) is 11.8 Å². The van der Waals surface area contributed by atoms with Gasteiger partial charge in [0, 0.05) is 18.4 Å². The van der Waals surface area contributed by atoms with Crippen molar-refractivity contribution in [3.05, 3.63) is 35.4 Å². The molecule has 3 atom stereocenters. The molecule has 2 aromatic carbocycles. The molecule has 10 nitrogen and oxygen atoms in total. The number of carbonyl (C=O) groups excluding carboxylic acids is 2. The Balaban J connectivity index is 1.71. The topological polar surface area (TPSA) is 108 Å². The van der Waals surface area contributed by atoms with E-state index < -0.39 is 24.0 Å². The normalized spacial score (nSPS) is 19.1. The Hall–Kier alpha value is -3.82. The van der Waals surface area contributed by atoms with Crippen LogP contribution in [0.15, 0.2) is 24.3 Å². The maximum Gasteiger partial charge on any atom is 0.313 e. The molecule has 1 unspecified atom stereocenters. The van der Waals surface area contributed by atoms with E-state index in [1.165, 1.54) is 28.3 Å². The van der Waals surface area contributed by atoms with Crippen LogP contribution in [0.2, 0.25) is 0 Å². The Labute approximate surface area is 202 Å². The first kappa shape index (κ1) is 24.3. The third kappa shape index (κ3) is 4.73. The molecule has 4 rings (SSSR count). The van der Waals surface area contributed by atoms with Crippen LogP contribution in [0.4, 0.5) is 0 Å². The molecule has 0 bridgehead atoms. The van der Waals surface area contributed by atoms with Gasteiger partial charge in [0.2, 0.25) is 18.3 Å². The van der Waals surface area contributed by atoms with Crippen LogP contribution in [-0.2, 0) is 25.5 Å². The SMILES string of the molecule is COc1cc([C@H](OC(C)=O)C2C(=O)OC[C@@H]2Cc2cc(OC)c3c(c2)OCO3)cc(OC)c1OC. The summed E-state index contributed by atoms with van der Waals surface area (Å²) in [6.07, 6.45) is -0.483. The van der Waals surface area contributed by atoms with Crippen molar-refractivity contribution in [2.24, 2.45) is 11.8 Å². The first-order chi connectivity index (χ1) is 16.9. The molecule has 2 aliphatic heterocycles. The summed E-state index contributed by atoms with van der Waals surface area (Å²) in [4.78, 5) is 25.0. The second kappa shape index (κ2) is 10.2. The highest BCUT2D eigenvalue weighted by Gasteiger charge is 2.45. The molecule has 2 heterocycles. The fourth-order valence-electron chi connectivity index (χ4n) is 4.54. The smallest absolute Gasteiger partial charge is 0.313 e. The average Bonchev–Trinajstić information content (AvgIpc) is 3.47. The summed E-state index contributed by atoms with van der Waals surface area (Å²) >= 11 is 0. The minimum atomic E-state index is -0.933. The van der Waals surface area contributed by atoms with Crippen molar-refractivity contribution >= 4 is 11.9 Å². The fraction of sp³-hybridized carbons (Fsp3) is 0.440. The number of hydrogen-bond donors (Lipinski definition) is 0. The molecular formula is C25H28O10. The van der Waals surface area contributed by atoms with Gasteiger partial charge in [-0.1, -0.05) is 0 Å². The maximum absolute atomic E-state index is 12.9. The van der Waals surface area contributed by atoms with E-state index in [4.69, 9.17) is 37.9 Å². The van der Waals surface area contributed by atoms with Crippen molar-refractivity contribution in [3.63, 3.8) is 0 Å². The minimum absolute atomic E-state index is 0.110. The van der Waals surface area contributed by atoms with Gasteiger partial charge < -0.3 is 37.9 Å². The zero-order valence-electron chi connectivity index (χ0n) is 20.2. The molecule has 0 N–H and O–H groups in total. The van der Waals surface area contributed by atoms with Gasteiger partial charge in [0.15, 0.2) is 23.0 Å². The van der Waals surface area contributed by atoms with Crippen LogP contribution in [0.25, 0.3) is 0 Å². The summed E-state index contributed by atoms with van der Waals surface area (Å²) < 4.78 is 43.9. The quantitative estimate of drug-likeness (QED) is 0.489. The van der Waals surface area contributed by atoms with Gasteiger partial charge in [-0.05, 0) is 36.2 Å². The zero-order valence-corrected chi connectivity index (χ0v) is 20.2. The van der Waals surface area contributed by atoms with Crippen molar-refractivity contribution in [2.75, 3.05) is 41.8 Å². The zero-order chi connectivity index (χ0) is 25.1. The molecule has 2 aromatic rings. The summed E-state index contributed by atoms with van der Waals surface area (Å²) in [5, 5.41) is 0. The van der Waals surface area contributed by atoms with Crippen LogP contribution in [-0.4, -0.2) is 53.8 Å². The Morgan fingerprint density at radius 3 is 2.23 bits per heavy atom. The van der Waals surface area contributed by atoms with Crippen molar-refractivity contribution in [2.45, 2.75) is 19.4 Å². The van der Waals surface area contributed by atoms with Gasteiger partial charge in [-0.2, -0.15) is 0 Å². The van der Waals surface area contributed by atoms with Crippen LogP contribution in [0.5, 0.6) is 34.5 Å². The monoisotopic (exact) mass is 488 g/mol. The van der Waals surface area contributed by atoms with Crippen LogP contribution in [0.3, 0.4) is 0 Å². The van der Waals surface area contributed by atoms with E-state index in [2.05, 4.69) is 0 Å². The number of fused-ring (bicyclic) bond motifs is 1. The third-order valence-corrected chi connectivity index (χ3v) is 6.07. The molecule has 2 aliphatic rings. The Bertz CT molecular complexity index is 1090. The maximum atomic E-state index is 12.9. The number of ether oxygens (including phenoxy) is 8. The van der Waals surface area contributed by atoms with Crippen LogP contribution >= 0.6 is 0 Å². The van der Waals surface area contributed by atoms with Crippen molar-refractivity contribution in [1.82, 2.24) is 0 Å². The lowest BCUT2D eigenvalue weighted by Gasteiger charge is -2.26. The van der Waals surface area contributed by atoms with Crippen LogP contribution < -0.4 is 28.4 Å². The molecule has 0 radical (unpaired) electrons. The predicted molar refractivity (Wildman–Crippen MR) is 121 cm³/mol. The van der Waals surface area contributed by atoms with Gasteiger partial charge >= 0.3 is 11.9 Å². The predicted octanol–water partition coefficient (Wildman–Crippen LogP) is 3.09. The van der Waals surface area contributed by atoms with Gasteiger partial charge in [0.05, 0.1) is 35.0 Å². The average molecular weight is 488 g/mol. The first-order valence-corrected chi connectivity index (χ1v) is 11.0. The molecule has 1 saturated heterocycles. The number of carbonyl (C=O) groups is 2. The van der Waals surface area contributed by atoms with Gasteiger partial charge in [-0.3, -0.25) is 9.59 Å². The van der Waals surface area contributed by atoms with E-state index >= 15 is 0 Å². The van der Waals surface area contributed by atoms with E-state index in [0.717, 1.165) is 5.56 Å². The number of benzene rings is 2. The van der Waals surface area contributed by atoms with E-state index in [1.807, 2.05) is 12.1 Å². The van der Waals surface area contributed by atoms with Crippen molar-refractivity contribution in [1.29, 1.82) is 0 Å². The fourth-order valence-corrected chi connectivity index (χ4v) is 4.54. The highest BCUT2D eigenvalue weighted by atomic mass is 16.7. The van der Waals surface area contributed by atoms with E-state index in [9.17, 15) is 9.59 Å². The number of hydrogen-bond acceptors (Lipinski definition) is 10. The third-order valence-electron chi connectivity index (χ3n) is 6.07. The number of rotatable bonds is 9. The Kier molecular flexibility index (Phi) is 7.09. The first-order valence-electron chi connectivity index (χ1n) is 11.0. The number of methoxy groups -OCH3 is 4. The van der Waals surface area contributed by atoms with Crippen molar-refractivity contribution < 1.29 is 47.5 Å². The molecule has 0 amide bonds. The number of cyclic esters (lactones) is 1. The molecule has 0 aliphatic carbocycles. The summed E-state index contributed by atoms with van der Waals surface area (Å²) in [5.41, 5.74) is 1.39. The van der Waals surface area contributed by atoms with Gasteiger partial charge in [-0.25, -0.2) is 0 Å². The molecule has 10 heteroatoms. The number of esters is 2. The van der Waals surface area contributed by atoms with Gasteiger partial charge in [0.1, 0.15) is 12.0 Å². The summed E-state index contributed by atoms with van der Waals surface area (Å²) in [7, 11) is 6.02. The van der Waals surface area contributed by atoms with E-state index in [1.54, 1.807) is 19.2 Å². The Morgan fingerprint density at radius 2 is 1.63 bits per heavy atom. The van der Waals surface area contributed by atoms with Crippen molar-refractivity contribution in [3.8, 4) is 34.5 Å². The lowest BCUT2D eigenvalue weighted by molar-refractivity contribution is -0.155. The minimum Gasteiger partial charge on any atom is -0.493 e. The van der Waals surface area contributed by atoms with Gasteiger partial charge in [0.25, 0.3) is 0 Å². The summed E-state index contributed by atoms with van der Waals surface area (Å²) in [6, 6.07) is 7.03. The molecule has 0 saturated carbocycles. The Morgan fingerprint density at radius 1 is 0.943 bits per heavy atom. The molecular weight excluding hydrogens is 460 g/mol. The molecule has 0 spiro atoms. The summed E-state index contributed by atoms with van der Waals surface area (Å²) in [6.45, 7) is 1.57. The molecule has 0 aromatic heterocycles. The molecule has 1 fully saturated rings. The molecule has 188 valence electrons. The highest BCUT2D eigenvalue weighted by molar-refractivity contribution is 5.77. The second-order valence-corrected chi connectivity index (χ2v) is 8.14. The standard InChI is InChI=1S/C25H28O10/c1-13(26)35-22(15-9-18(29-3)23(31-5)19(10-15)30-4)21-16(11-32-25(21)27)6-14-7-17(28-2)24-20(8-14)33-12-34-24/h7-10,16,21-22H,6,11-12H2,1-5H3/t16-,21?,22-/m0/s1. The van der Waals surface area contributed by atoms with E-state index in [0.29, 0.717) is 46.5 Å². The van der Waals surface area contributed by atoms with Gasteiger partial charge in [-0.15, -0.1) is 0 Å². The molecule has 35 heavy (non-hydrogen) atoms. The lowest BCUT2D eigenvalue weighted by Crippen LogP contribution is -2.28. The van der Waals surface area contributed by atoms with E-state index in [-0.39, 0.29) is 19.3 Å². The second-order valence-electron chi connectivity index (χ2n) is 8.14. The largest absolute Gasteiger partial charge is 0.493 e. The highest BCUT2D eigenvalue weighted by Crippen LogP contribution is 2.46. The summed E-state index contributed by atoms with van der Waals surface area (Å²) in [5.74, 6) is 0.744. The van der Waals surface area contributed by atoms with Crippen LogP contribution in [0.1, 0.15) is 24.2 Å².